The SMILES string of the molecule is CN/C(=C\SC(C)F)C(C)(C)CN. The van der Waals surface area contributed by atoms with Crippen molar-refractivity contribution >= 4 is 11.8 Å². The van der Waals surface area contributed by atoms with E-state index in [-0.39, 0.29) is 5.41 Å². The first kappa shape index (κ1) is 12.8. The molecule has 0 fully saturated rings. The Hall–Kier alpha value is -0.220. The van der Waals surface area contributed by atoms with Crippen molar-refractivity contribution in [2.24, 2.45) is 11.1 Å². The summed E-state index contributed by atoms with van der Waals surface area (Å²) in [5.41, 5.74) is 5.59. The molecular formula is C9H19FN2S. The second kappa shape index (κ2) is 5.50. The zero-order chi connectivity index (χ0) is 10.5. The normalized spacial score (nSPS) is 15.7. The topological polar surface area (TPSA) is 38.0 Å². The third-order valence-corrected chi connectivity index (χ3v) is 2.63. The summed E-state index contributed by atoms with van der Waals surface area (Å²) < 4.78 is 12.5. The van der Waals surface area contributed by atoms with Crippen LogP contribution in [0, 0.1) is 5.41 Å². The predicted octanol–water partition coefficient (Wildman–Crippen LogP) is 2.08. The second-order valence-corrected chi connectivity index (χ2v) is 4.71. The number of halogens is 1. The zero-order valence-electron chi connectivity index (χ0n) is 8.73. The minimum Gasteiger partial charge on any atom is -0.391 e. The average molecular weight is 206 g/mol. The van der Waals surface area contributed by atoms with Crippen molar-refractivity contribution in [2.45, 2.75) is 26.3 Å². The molecule has 0 saturated heterocycles. The standard InChI is InChI=1S/C9H19FN2S/c1-7(10)13-5-8(12-4)9(2,3)6-11/h5,7,12H,6,11H2,1-4H3/b8-5-. The van der Waals surface area contributed by atoms with E-state index in [0.29, 0.717) is 6.54 Å². The first-order chi connectivity index (χ1) is 5.94. The quantitative estimate of drug-likeness (QED) is 0.723. The number of hydrogen-bond acceptors (Lipinski definition) is 3. The lowest BCUT2D eigenvalue weighted by Gasteiger charge is -2.26. The molecule has 0 saturated carbocycles. The van der Waals surface area contributed by atoms with Gasteiger partial charge in [-0.25, -0.2) is 4.39 Å². The maximum absolute atomic E-state index is 12.5. The Kier molecular flexibility index (Phi) is 5.40. The lowest BCUT2D eigenvalue weighted by molar-refractivity contribution is 0.435. The summed E-state index contributed by atoms with van der Waals surface area (Å²) >= 11 is 1.16. The van der Waals surface area contributed by atoms with Crippen LogP contribution in [0.1, 0.15) is 20.8 Å². The molecule has 0 aliphatic heterocycles. The molecule has 0 bridgehead atoms. The van der Waals surface area contributed by atoms with Gasteiger partial charge in [0.1, 0.15) is 5.50 Å². The second-order valence-electron chi connectivity index (χ2n) is 3.55. The maximum atomic E-state index is 12.5. The van der Waals surface area contributed by atoms with Crippen LogP contribution in [0.5, 0.6) is 0 Å². The molecule has 0 heterocycles. The van der Waals surface area contributed by atoms with Gasteiger partial charge in [-0.1, -0.05) is 25.6 Å². The van der Waals surface area contributed by atoms with Gasteiger partial charge >= 0.3 is 0 Å². The summed E-state index contributed by atoms with van der Waals surface area (Å²) in [6.07, 6.45) is 0. The summed E-state index contributed by atoms with van der Waals surface area (Å²) in [4.78, 5) is 0. The summed E-state index contributed by atoms with van der Waals surface area (Å²) in [6, 6.07) is 0. The Morgan fingerprint density at radius 3 is 2.54 bits per heavy atom. The van der Waals surface area contributed by atoms with Crippen molar-refractivity contribution in [1.29, 1.82) is 0 Å². The lowest BCUT2D eigenvalue weighted by Crippen LogP contribution is -2.31. The molecule has 0 spiro atoms. The van der Waals surface area contributed by atoms with Crippen LogP contribution in [0.3, 0.4) is 0 Å². The van der Waals surface area contributed by atoms with Crippen molar-refractivity contribution in [2.75, 3.05) is 13.6 Å². The highest BCUT2D eigenvalue weighted by Crippen LogP contribution is 2.26. The van der Waals surface area contributed by atoms with Gasteiger partial charge in [-0.05, 0) is 12.3 Å². The number of rotatable bonds is 5. The van der Waals surface area contributed by atoms with Gasteiger partial charge < -0.3 is 11.1 Å². The van der Waals surface area contributed by atoms with Crippen LogP contribution in [0.2, 0.25) is 0 Å². The highest BCUT2D eigenvalue weighted by molar-refractivity contribution is 8.02. The minimum absolute atomic E-state index is 0.114. The molecule has 0 aromatic rings. The van der Waals surface area contributed by atoms with Gasteiger partial charge in [0, 0.05) is 24.7 Å². The van der Waals surface area contributed by atoms with Gasteiger partial charge in [0.05, 0.1) is 0 Å². The molecule has 4 heteroatoms. The molecule has 0 aromatic carbocycles. The van der Waals surface area contributed by atoms with Gasteiger partial charge in [0.25, 0.3) is 0 Å². The van der Waals surface area contributed by atoms with Gasteiger partial charge in [0.15, 0.2) is 0 Å². The van der Waals surface area contributed by atoms with Gasteiger partial charge in [-0.2, -0.15) is 0 Å². The van der Waals surface area contributed by atoms with Crippen LogP contribution >= 0.6 is 11.8 Å². The van der Waals surface area contributed by atoms with Gasteiger partial charge in [-0.15, -0.1) is 0 Å². The molecule has 1 atom stereocenters. The highest BCUT2D eigenvalue weighted by atomic mass is 32.2. The van der Waals surface area contributed by atoms with Crippen LogP contribution < -0.4 is 11.1 Å². The fourth-order valence-corrected chi connectivity index (χ4v) is 1.59. The number of nitrogens with two attached hydrogens (primary N) is 1. The van der Waals surface area contributed by atoms with Crippen molar-refractivity contribution in [3.8, 4) is 0 Å². The van der Waals surface area contributed by atoms with Crippen LogP contribution in [-0.4, -0.2) is 19.1 Å². The lowest BCUT2D eigenvalue weighted by atomic mass is 9.90. The largest absolute Gasteiger partial charge is 0.391 e. The number of alkyl halides is 1. The van der Waals surface area contributed by atoms with E-state index in [1.54, 1.807) is 5.41 Å². The Labute approximate surface area is 84.1 Å². The van der Waals surface area contributed by atoms with E-state index in [2.05, 4.69) is 5.32 Å². The Balaban J connectivity index is 4.40. The molecule has 2 nitrogen and oxygen atoms in total. The number of nitrogens with one attached hydrogen (secondary N) is 1. The van der Waals surface area contributed by atoms with Crippen LogP contribution in [0.4, 0.5) is 4.39 Å². The highest BCUT2D eigenvalue weighted by Gasteiger charge is 2.20. The zero-order valence-corrected chi connectivity index (χ0v) is 9.54. The molecule has 3 N–H and O–H groups in total. The van der Waals surface area contributed by atoms with Gasteiger partial charge in [0.2, 0.25) is 0 Å². The van der Waals surface area contributed by atoms with Crippen LogP contribution in [0.25, 0.3) is 0 Å². The van der Waals surface area contributed by atoms with Crippen molar-refractivity contribution in [1.82, 2.24) is 5.32 Å². The molecular weight excluding hydrogens is 187 g/mol. The van der Waals surface area contributed by atoms with E-state index in [4.69, 9.17) is 5.73 Å². The Bertz CT molecular complexity index is 178. The van der Waals surface area contributed by atoms with E-state index >= 15 is 0 Å². The first-order valence-corrected chi connectivity index (χ1v) is 5.26. The summed E-state index contributed by atoms with van der Waals surface area (Å²) in [6.45, 7) is 6.11. The smallest absolute Gasteiger partial charge is 0.147 e. The first-order valence-electron chi connectivity index (χ1n) is 4.32. The van der Waals surface area contributed by atoms with E-state index in [1.165, 1.54) is 6.92 Å². The molecule has 0 amide bonds. The fraction of sp³-hybridized carbons (Fsp3) is 0.778. The van der Waals surface area contributed by atoms with Crippen LogP contribution in [0.15, 0.2) is 11.1 Å². The molecule has 13 heavy (non-hydrogen) atoms. The van der Waals surface area contributed by atoms with E-state index in [1.807, 2.05) is 20.9 Å². The number of hydrogen-bond donors (Lipinski definition) is 2. The third kappa shape index (κ3) is 4.52. The summed E-state index contributed by atoms with van der Waals surface area (Å²) in [5.74, 6) is 0. The maximum Gasteiger partial charge on any atom is 0.147 e. The van der Waals surface area contributed by atoms with Gasteiger partial charge in [-0.3, -0.25) is 0 Å². The van der Waals surface area contributed by atoms with E-state index in [0.717, 1.165) is 17.5 Å². The fourth-order valence-electron chi connectivity index (χ4n) is 0.829. The average Bonchev–Trinajstić information content (AvgIpc) is 2.04. The summed E-state index contributed by atoms with van der Waals surface area (Å²) in [5, 5.41) is 4.85. The molecule has 0 rings (SSSR count). The number of thioether (sulfide) groups is 1. The molecule has 1 unspecified atom stereocenters. The third-order valence-electron chi connectivity index (χ3n) is 1.88. The van der Waals surface area contributed by atoms with Crippen molar-refractivity contribution in [3.63, 3.8) is 0 Å². The van der Waals surface area contributed by atoms with Crippen molar-refractivity contribution < 1.29 is 4.39 Å². The molecule has 0 radical (unpaired) electrons. The molecule has 0 aliphatic carbocycles. The Morgan fingerprint density at radius 1 is 1.69 bits per heavy atom. The van der Waals surface area contributed by atoms with E-state index < -0.39 is 5.50 Å². The predicted molar refractivity (Wildman–Crippen MR) is 58.1 cm³/mol. The summed E-state index contributed by atoms with van der Waals surface area (Å²) in [7, 11) is 1.83. The monoisotopic (exact) mass is 206 g/mol. The minimum atomic E-state index is -0.878. The molecule has 0 aromatic heterocycles. The van der Waals surface area contributed by atoms with Crippen LogP contribution in [-0.2, 0) is 0 Å². The molecule has 0 aliphatic rings. The molecule has 78 valence electrons. The van der Waals surface area contributed by atoms with Crippen molar-refractivity contribution in [3.05, 3.63) is 11.1 Å². The van der Waals surface area contributed by atoms with E-state index in [9.17, 15) is 4.39 Å². The Morgan fingerprint density at radius 2 is 2.23 bits per heavy atom.